The third kappa shape index (κ3) is 5.29. The van der Waals surface area contributed by atoms with Gasteiger partial charge in [-0.15, -0.1) is 0 Å². The van der Waals surface area contributed by atoms with Crippen molar-refractivity contribution in [2.45, 2.75) is 63.5 Å². The highest BCUT2D eigenvalue weighted by atomic mass is 35.5. The van der Waals surface area contributed by atoms with Gasteiger partial charge in [0.25, 0.3) is 5.91 Å². The van der Waals surface area contributed by atoms with Crippen molar-refractivity contribution < 1.29 is 17.9 Å². The number of sulfonamides is 1. The van der Waals surface area contributed by atoms with E-state index in [-0.39, 0.29) is 24.9 Å². The number of nitrogens with zero attached hydrogens (tertiary/aromatic N) is 1. The fourth-order valence-corrected chi connectivity index (χ4v) is 4.88. The topological polar surface area (TPSA) is 75.7 Å². The highest BCUT2D eigenvalue weighted by Gasteiger charge is 2.32. The van der Waals surface area contributed by atoms with Gasteiger partial charge in [0.1, 0.15) is 5.75 Å². The minimum absolute atomic E-state index is 0.167. The second-order valence-corrected chi connectivity index (χ2v) is 9.74. The van der Waals surface area contributed by atoms with Crippen molar-refractivity contribution >= 4 is 33.2 Å². The minimum atomic E-state index is -3.50. The number of nitrogens with one attached hydrogen (secondary N) is 1. The number of anilines is 1. The van der Waals surface area contributed by atoms with E-state index in [0.717, 1.165) is 31.9 Å². The zero-order chi connectivity index (χ0) is 19.4. The maximum absolute atomic E-state index is 12.8. The molecule has 1 heterocycles. The Morgan fingerprint density at radius 1 is 1.15 bits per heavy atom. The molecule has 0 aromatic heterocycles. The molecule has 1 aliphatic heterocycles. The first-order valence-electron chi connectivity index (χ1n) is 9.59. The van der Waals surface area contributed by atoms with E-state index in [2.05, 4.69) is 5.32 Å². The Balaban J connectivity index is 1.76. The molecule has 1 N–H and O–H groups in total. The molecule has 2 aliphatic rings. The molecule has 0 unspecified atom stereocenters. The Hall–Kier alpha value is -1.47. The largest absolute Gasteiger partial charge is 0.478 e. The lowest BCUT2D eigenvalue weighted by molar-refractivity contribution is -0.128. The minimum Gasteiger partial charge on any atom is -0.478 e. The molecule has 1 aliphatic carbocycles. The first kappa shape index (κ1) is 20.3. The van der Waals surface area contributed by atoms with Crippen molar-refractivity contribution in [1.29, 1.82) is 0 Å². The van der Waals surface area contributed by atoms with Crippen molar-refractivity contribution in [1.82, 2.24) is 5.32 Å². The van der Waals surface area contributed by atoms with Crippen LogP contribution in [-0.2, 0) is 14.8 Å². The summed E-state index contributed by atoms with van der Waals surface area (Å²) in [7, 11) is -3.50. The van der Waals surface area contributed by atoms with E-state index in [0.29, 0.717) is 16.5 Å². The van der Waals surface area contributed by atoms with Crippen LogP contribution in [0, 0.1) is 0 Å². The van der Waals surface area contributed by atoms with Gasteiger partial charge >= 0.3 is 0 Å². The number of amides is 1. The van der Waals surface area contributed by atoms with Crippen LogP contribution in [0.25, 0.3) is 0 Å². The molecule has 0 radical (unpaired) electrons. The lowest BCUT2D eigenvalue weighted by atomic mass is 9.96. The Kier molecular flexibility index (Phi) is 6.52. The normalized spacial score (nSPS) is 22.0. The van der Waals surface area contributed by atoms with Crippen LogP contribution in [0.15, 0.2) is 18.2 Å². The smallest absolute Gasteiger partial charge is 0.261 e. The second-order valence-electron chi connectivity index (χ2n) is 7.39. The lowest BCUT2D eigenvalue weighted by Crippen LogP contribution is -2.44. The van der Waals surface area contributed by atoms with Gasteiger partial charge in [-0.05, 0) is 31.0 Å². The molecule has 0 saturated heterocycles. The number of carbonyl (C=O) groups is 1. The van der Waals surface area contributed by atoms with Gasteiger partial charge in [0.2, 0.25) is 10.0 Å². The number of hydrogen-bond donors (Lipinski definition) is 1. The van der Waals surface area contributed by atoms with Crippen LogP contribution >= 0.6 is 11.6 Å². The van der Waals surface area contributed by atoms with E-state index in [1.54, 1.807) is 18.2 Å². The third-order valence-electron chi connectivity index (χ3n) is 5.20. The third-order valence-corrected chi connectivity index (χ3v) is 6.61. The average molecular weight is 415 g/mol. The van der Waals surface area contributed by atoms with Crippen LogP contribution in [0.4, 0.5) is 5.69 Å². The lowest BCUT2D eigenvalue weighted by Gasteiger charge is -2.24. The maximum Gasteiger partial charge on any atom is 0.261 e. The number of carbonyl (C=O) groups excluding carboxylic acids is 1. The Bertz CT molecular complexity index is 776. The maximum atomic E-state index is 12.8. The van der Waals surface area contributed by atoms with Crippen molar-refractivity contribution in [2.75, 3.05) is 17.1 Å². The summed E-state index contributed by atoms with van der Waals surface area (Å²) in [6.07, 6.45) is 8.63. The molecule has 0 bridgehead atoms. The summed E-state index contributed by atoms with van der Waals surface area (Å²) in [5.74, 6) is 0.192. The second kappa shape index (κ2) is 8.69. The highest BCUT2D eigenvalue weighted by molar-refractivity contribution is 7.92. The molecule has 1 aromatic carbocycles. The van der Waals surface area contributed by atoms with Gasteiger partial charge in [-0.25, -0.2) is 8.42 Å². The van der Waals surface area contributed by atoms with Crippen LogP contribution in [0.3, 0.4) is 0 Å². The first-order valence-corrected chi connectivity index (χ1v) is 11.8. The molecule has 1 amide bonds. The molecule has 1 aromatic rings. The molecule has 27 heavy (non-hydrogen) atoms. The Morgan fingerprint density at radius 3 is 2.48 bits per heavy atom. The predicted octanol–water partition coefficient (Wildman–Crippen LogP) is 3.49. The molecular weight excluding hydrogens is 388 g/mol. The number of halogens is 1. The van der Waals surface area contributed by atoms with Crippen molar-refractivity contribution in [2.24, 2.45) is 0 Å². The van der Waals surface area contributed by atoms with Crippen molar-refractivity contribution in [3.05, 3.63) is 23.2 Å². The summed E-state index contributed by atoms with van der Waals surface area (Å²) in [4.78, 5) is 12.8. The van der Waals surface area contributed by atoms with E-state index >= 15 is 0 Å². The molecule has 1 atom stereocenters. The fourth-order valence-electron chi connectivity index (χ4n) is 3.78. The summed E-state index contributed by atoms with van der Waals surface area (Å²) in [6.45, 7) is 0.176. The van der Waals surface area contributed by atoms with Crippen LogP contribution in [0.5, 0.6) is 5.75 Å². The molecule has 150 valence electrons. The van der Waals surface area contributed by atoms with Gasteiger partial charge in [-0.3, -0.25) is 9.10 Å². The van der Waals surface area contributed by atoms with E-state index in [9.17, 15) is 13.2 Å². The van der Waals surface area contributed by atoms with Crippen molar-refractivity contribution in [3.63, 3.8) is 0 Å². The SMILES string of the molecule is CS(=O)(=O)N1CC[C@H](C(=O)NC2CCCCCCC2)Oc2ccc(Cl)cc21. The number of rotatable bonds is 3. The molecule has 8 heteroatoms. The van der Waals surface area contributed by atoms with E-state index < -0.39 is 16.1 Å². The van der Waals surface area contributed by atoms with Crippen LogP contribution in [-0.4, -0.2) is 39.3 Å². The summed E-state index contributed by atoms with van der Waals surface area (Å²) in [6, 6.07) is 4.99. The van der Waals surface area contributed by atoms with Crippen LogP contribution in [0.2, 0.25) is 5.02 Å². The van der Waals surface area contributed by atoms with E-state index in [1.807, 2.05) is 0 Å². The van der Waals surface area contributed by atoms with Crippen LogP contribution in [0.1, 0.15) is 51.4 Å². The van der Waals surface area contributed by atoms with Crippen LogP contribution < -0.4 is 14.4 Å². The van der Waals surface area contributed by atoms with Gasteiger partial charge in [-0.1, -0.05) is 43.7 Å². The number of benzene rings is 1. The summed E-state index contributed by atoms with van der Waals surface area (Å²) in [5.41, 5.74) is 0.381. The van der Waals surface area contributed by atoms with E-state index in [4.69, 9.17) is 16.3 Å². The number of ether oxygens (including phenoxy) is 1. The molecule has 3 rings (SSSR count). The standard InChI is InChI=1S/C19H27ClN2O4S/c1-27(24,25)22-12-11-18(26-17-10-9-14(20)13-16(17)22)19(23)21-15-7-5-3-2-4-6-8-15/h9-10,13,15,18H,2-8,11-12H2,1H3,(H,21,23)/t18-/m1/s1. The summed E-state index contributed by atoms with van der Waals surface area (Å²) in [5, 5.41) is 3.54. The Labute approximate surface area is 166 Å². The first-order chi connectivity index (χ1) is 12.8. The van der Waals surface area contributed by atoms with Gasteiger partial charge in [0.05, 0.1) is 11.9 Å². The monoisotopic (exact) mass is 414 g/mol. The quantitative estimate of drug-likeness (QED) is 0.821. The molecule has 1 fully saturated rings. The molecule has 6 nitrogen and oxygen atoms in total. The Morgan fingerprint density at radius 2 is 1.81 bits per heavy atom. The molecule has 1 saturated carbocycles. The van der Waals surface area contributed by atoms with Gasteiger partial charge in [-0.2, -0.15) is 0 Å². The predicted molar refractivity (Wildman–Crippen MR) is 107 cm³/mol. The van der Waals surface area contributed by atoms with Crippen molar-refractivity contribution in [3.8, 4) is 5.75 Å². The van der Waals surface area contributed by atoms with Gasteiger partial charge in [0.15, 0.2) is 6.10 Å². The van der Waals surface area contributed by atoms with Gasteiger partial charge in [0, 0.05) is 24.0 Å². The highest BCUT2D eigenvalue weighted by Crippen LogP contribution is 2.36. The number of hydrogen-bond acceptors (Lipinski definition) is 4. The number of fused-ring (bicyclic) bond motifs is 1. The summed E-state index contributed by atoms with van der Waals surface area (Å²) >= 11 is 6.05. The van der Waals surface area contributed by atoms with Gasteiger partial charge < -0.3 is 10.1 Å². The molecule has 0 spiro atoms. The molecular formula is C19H27ClN2O4S. The zero-order valence-corrected chi connectivity index (χ0v) is 17.2. The summed E-state index contributed by atoms with van der Waals surface area (Å²) < 4.78 is 31.6. The average Bonchev–Trinajstić information content (AvgIpc) is 2.76. The zero-order valence-electron chi connectivity index (χ0n) is 15.6. The fraction of sp³-hybridized carbons (Fsp3) is 0.632. The van der Waals surface area contributed by atoms with E-state index in [1.165, 1.54) is 23.6 Å².